The molecule has 0 saturated carbocycles. The third kappa shape index (κ3) is 2.39. The summed E-state index contributed by atoms with van der Waals surface area (Å²) in [7, 11) is 0. The van der Waals surface area contributed by atoms with E-state index >= 15 is 0 Å². The van der Waals surface area contributed by atoms with Gasteiger partial charge in [-0.25, -0.2) is 0 Å². The van der Waals surface area contributed by atoms with Gasteiger partial charge in [-0.2, -0.15) is 0 Å². The number of allylic oxidation sites excluding steroid dienone is 2. The summed E-state index contributed by atoms with van der Waals surface area (Å²) in [4.78, 5) is 10.6. The molecule has 0 bridgehead atoms. The molecule has 0 saturated heterocycles. The molecular formula is C22H17N2O3-. The summed E-state index contributed by atoms with van der Waals surface area (Å²) in [6.07, 6.45) is 5.34. The highest BCUT2D eigenvalue weighted by Crippen LogP contribution is 2.52. The fourth-order valence-electron chi connectivity index (χ4n) is 4.58. The molecule has 1 N–H and O–H groups in total. The largest absolute Gasteiger partial charge is 0.868 e. The first-order valence-electron chi connectivity index (χ1n) is 9.03. The van der Waals surface area contributed by atoms with Gasteiger partial charge in [-0.1, -0.05) is 54.6 Å². The van der Waals surface area contributed by atoms with Crippen LogP contribution in [0.25, 0.3) is 10.8 Å². The highest BCUT2D eigenvalue weighted by Gasteiger charge is 2.39. The van der Waals surface area contributed by atoms with E-state index in [0.717, 1.165) is 17.7 Å². The van der Waals surface area contributed by atoms with Gasteiger partial charge in [-0.05, 0) is 46.1 Å². The van der Waals surface area contributed by atoms with Crippen LogP contribution in [-0.4, -0.2) is 4.92 Å². The zero-order chi connectivity index (χ0) is 18.5. The van der Waals surface area contributed by atoms with Gasteiger partial charge in [0.15, 0.2) is 0 Å². The molecule has 134 valence electrons. The van der Waals surface area contributed by atoms with E-state index in [9.17, 15) is 15.2 Å². The van der Waals surface area contributed by atoms with Crippen LogP contribution in [0.2, 0.25) is 0 Å². The molecule has 3 aromatic rings. The Hall–Kier alpha value is -3.34. The van der Waals surface area contributed by atoms with Crippen LogP contribution in [0.1, 0.15) is 29.5 Å². The number of nitro benzene ring substituents is 1. The Bertz CT molecular complexity index is 1110. The quantitative estimate of drug-likeness (QED) is 0.411. The minimum atomic E-state index is -0.597. The monoisotopic (exact) mass is 357 g/mol. The lowest BCUT2D eigenvalue weighted by Crippen LogP contribution is -2.29. The number of nitro groups is 1. The van der Waals surface area contributed by atoms with Gasteiger partial charge in [0.05, 0.1) is 11.0 Å². The third-order valence-electron chi connectivity index (χ3n) is 5.79. The number of rotatable bonds is 2. The fraction of sp³-hybridized carbons (Fsp3) is 0.182. The average molecular weight is 357 g/mol. The van der Waals surface area contributed by atoms with E-state index in [1.807, 2.05) is 6.07 Å². The first kappa shape index (κ1) is 15.9. The van der Waals surface area contributed by atoms with E-state index in [2.05, 4.69) is 47.8 Å². The lowest BCUT2D eigenvalue weighted by Gasteiger charge is -2.38. The van der Waals surface area contributed by atoms with Crippen LogP contribution in [0.15, 0.2) is 66.7 Å². The molecule has 0 fully saturated rings. The van der Waals surface area contributed by atoms with Crippen LogP contribution >= 0.6 is 0 Å². The molecule has 27 heavy (non-hydrogen) atoms. The molecule has 0 unspecified atom stereocenters. The SMILES string of the molecule is O=[N+]([O-])c1cc([C@@H]2Nc3ccc4ccccc4c3[C@@H]3C=CC[C@@H]32)ccc1[O-]. The predicted molar refractivity (Wildman–Crippen MR) is 103 cm³/mol. The number of fused-ring (bicyclic) bond motifs is 5. The summed E-state index contributed by atoms with van der Waals surface area (Å²) in [5, 5.41) is 29.0. The van der Waals surface area contributed by atoms with Gasteiger partial charge in [-0.15, -0.1) is 0 Å². The molecule has 3 atom stereocenters. The maximum absolute atomic E-state index is 11.8. The van der Waals surface area contributed by atoms with Gasteiger partial charge >= 0.3 is 0 Å². The number of anilines is 1. The summed E-state index contributed by atoms with van der Waals surface area (Å²) in [5.74, 6) is -0.0317. The van der Waals surface area contributed by atoms with Gasteiger partial charge in [0.2, 0.25) is 0 Å². The van der Waals surface area contributed by atoms with E-state index in [1.54, 1.807) is 6.07 Å². The van der Waals surface area contributed by atoms with Crippen LogP contribution in [0, 0.1) is 16.0 Å². The number of hydrogen-bond acceptors (Lipinski definition) is 4. The van der Waals surface area contributed by atoms with Crippen molar-refractivity contribution in [2.24, 2.45) is 5.92 Å². The Kier molecular flexibility index (Phi) is 3.44. The number of hydrogen-bond donors (Lipinski definition) is 1. The molecule has 0 radical (unpaired) electrons. The van der Waals surface area contributed by atoms with Gasteiger partial charge in [-0.3, -0.25) is 10.1 Å². The Morgan fingerprint density at radius 2 is 1.93 bits per heavy atom. The molecular weight excluding hydrogens is 340 g/mol. The minimum absolute atomic E-state index is 0.0713. The van der Waals surface area contributed by atoms with E-state index in [-0.39, 0.29) is 23.6 Å². The Labute approximate surface area is 156 Å². The molecule has 0 spiro atoms. The molecule has 1 aliphatic carbocycles. The van der Waals surface area contributed by atoms with Crippen LogP contribution in [0.4, 0.5) is 11.4 Å². The van der Waals surface area contributed by atoms with Crippen LogP contribution < -0.4 is 10.4 Å². The Morgan fingerprint density at radius 1 is 1.07 bits per heavy atom. The van der Waals surface area contributed by atoms with E-state index in [1.165, 1.54) is 28.5 Å². The molecule has 1 heterocycles. The molecule has 3 aromatic carbocycles. The van der Waals surface area contributed by atoms with Crippen molar-refractivity contribution in [3.63, 3.8) is 0 Å². The summed E-state index contributed by atoms with van der Waals surface area (Å²) in [6.45, 7) is 0. The second-order valence-electron chi connectivity index (χ2n) is 7.21. The second kappa shape index (κ2) is 5.84. The molecule has 5 rings (SSSR count). The molecule has 1 aliphatic heterocycles. The van der Waals surface area contributed by atoms with E-state index in [0.29, 0.717) is 0 Å². The molecule has 0 amide bonds. The Morgan fingerprint density at radius 3 is 2.78 bits per heavy atom. The fourth-order valence-corrected chi connectivity index (χ4v) is 4.58. The van der Waals surface area contributed by atoms with Crippen LogP contribution in [0.3, 0.4) is 0 Å². The van der Waals surface area contributed by atoms with Crippen molar-refractivity contribution in [2.45, 2.75) is 18.4 Å². The third-order valence-corrected chi connectivity index (χ3v) is 5.79. The van der Waals surface area contributed by atoms with Crippen molar-refractivity contribution >= 4 is 22.1 Å². The van der Waals surface area contributed by atoms with E-state index < -0.39 is 10.7 Å². The summed E-state index contributed by atoms with van der Waals surface area (Å²) >= 11 is 0. The lowest BCUT2D eigenvalue weighted by molar-refractivity contribution is -0.398. The van der Waals surface area contributed by atoms with Crippen molar-refractivity contribution in [1.82, 2.24) is 0 Å². The Balaban J connectivity index is 1.65. The number of benzene rings is 3. The molecule has 5 nitrogen and oxygen atoms in total. The zero-order valence-electron chi connectivity index (χ0n) is 14.5. The second-order valence-corrected chi connectivity index (χ2v) is 7.21. The summed E-state index contributed by atoms with van der Waals surface area (Å²) in [5.41, 5.74) is 2.78. The van der Waals surface area contributed by atoms with Crippen molar-refractivity contribution in [3.8, 4) is 5.75 Å². The highest BCUT2D eigenvalue weighted by atomic mass is 16.6. The normalized spacial score (nSPS) is 22.9. The molecule has 2 aliphatic rings. The number of nitrogens with zero attached hydrogens (tertiary/aromatic N) is 1. The van der Waals surface area contributed by atoms with Crippen molar-refractivity contribution in [2.75, 3.05) is 5.32 Å². The van der Waals surface area contributed by atoms with Gasteiger partial charge in [0.1, 0.15) is 0 Å². The number of nitrogens with one attached hydrogen (secondary N) is 1. The summed E-state index contributed by atoms with van der Waals surface area (Å²) in [6, 6.07) is 16.9. The van der Waals surface area contributed by atoms with Crippen molar-refractivity contribution < 1.29 is 10.0 Å². The maximum Gasteiger partial charge on any atom is 0.262 e. The average Bonchev–Trinajstić information content (AvgIpc) is 3.17. The smallest absolute Gasteiger partial charge is 0.262 e. The van der Waals surface area contributed by atoms with Gasteiger partial charge < -0.3 is 10.4 Å². The van der Waals surface area contributed by atoms with Crippen LogP contribution in [-0.2, 0) is 0 Å². The minimum Gasteiger partial charge on any atom is -0.868 e. The topological polar surface area (TPSA) is 78.2 Å². The van der Waals surface area contributed by atoms with Crippen molar-refractivity contribution in [1.29, 1.82) is 0 Å². The van der Waals surface area contributed by atoms with Crippen LogP contribution in [0.5, 0.6) is 5.75 Å². The highest BCUT2D eigenvalue weighted by molar-refractivity contribution is 5.91. The zero-order valence-corrected chi connectivity index (χ0v) is 14.5. The van der Waals surface area contributed by atoms with Crippen molar-refractivity contribution in [3.05, 3.63) is 88.0 Å². The first-order valence-corrected chi connectivity index (χ1v) is 9.03. The first-order chi connectivity index (χ1) is 13.1. The predicted octanol–water partition coefficient (Wildman–Crippen LogP) is 4.65. The lowest BCUT2D eigenvalue weighted by atomic mass is 9.75. The standard InChI is InChI=1S/C22H18N2O3/c25-20-11-9-14(12-19(20)24(26)27)22-17-7-3-6-16(17)21-15-5-2-1-4-13(15)8-10-18(21)23-22/h1-6,8-12,16-17,22-23,25H,7H2/p-1/t16-,17+,22+/m1/s1. The summed E-state index contributed by atoms with van der Waals surface area (Å²) < 4.78 is 0. The molecule has 5 heteroatoms. The maximum atomic E-state index is 11.8. The van der Waals surface area contributed by atoms with Gasteiger partial charge in [0.25, 0.3) is 5.69 Å². The van der Waals surface area contributed by atoms with Gasteiger partial charge in [0, 0.05) is 17.7 Å². The van der Waals surface area contributed by atoms with E-state index in [4.69, 9.17) is 0 Å². The molecule has 0 aromatic heterocycles.